The van der Waals surface area contributed by atoms with Crippen molar-refractivity contribution in [1.29, 1.82) is 5.26 Å². The minimum atomic E-state index is -0.296. The molecule has 1 amide bonds. The van der Waals surface area contributed by atoms with Crippen molar-refractivity contribution < 1.29 is 14.3 Å². The van der Waals surface area contributed by atoms with Gasteiger partial charge in [-0.3, -0.25) is 10.1 Å². The number of nitrogens with one attached hydrogen (secondary N) is 1. The topological polar surface area (TPSA) is 71.3 Å². The fourth-order valence-electron chi connectivity index (χ4n) is 2.11. The molecule has 1 aromatic rings. The average Bonchev–Trinajstić information content (AvgIpc) is 2.54. The summed E-state index contributed by atoms with van der Waals surface area (Å²) in [4.78, 5) is 12.1. The van der Waals surface area contributed by atoms with Crippen molar-refractivity contribution in [2.75, 3.05) is 14.2 Å². The molecule has 1 N–H and O–H groups in total. The number of allylic oxidation sites excluding steroid dienone is 1. The van der Waals surface area contributed by atoms with Gasteiger partial charge in [-0.1, -0.05) is 6.07 Å². The second-order valence-electron chi connectivity index (χ2n) is 4.23. The Morgan fingerprint density at radius 3 is 2.63 bits per heavy atom. The van der Waals surface area contributed by atoms with E-state index < -0.39 is 0 Å². The molecule has 1 aliphatic heterocycles. The van der Waals surface area contributed by atoms with Gasteiger partial charge >= 0.3 is 0 Å². The Bertz CT molecular complexity index is 612. The van der Waals surface area contributed by atoms with Crippen molar-refractivity contribution in [3.05, 3.63) is 40.3 Å². The molecule has 19 heavy (non-hydrogen) atoms. The molecule has 2 rings (SSSR count). The number of hydrogen-bond acceptors (Lipinski definition) is 4. The molecule has 0 aromatic heterocycles. The third-order valence-electron chi connectivity index (χ3n) is 3.07. The Labute approximate surface area is 111 Å². The summed E-state index contributed by atoms with van der Waals surface area (Å²) < 4.78 is 10.3. The van der Waals surface area contributed by atoms with Crippen LogP contribution < -0.4 is 10.1 Å². The Hall–Kier alpha value is -2.48. The molecule has 0 radical (unpaired) electrons. The molecule has 1 heterocycles. The second kappa shape index (κ2) is 5.02. The number of rotatable bonds is 2. The third kappa shape index (κ3) is 2.25. The molecular formula is C14H14N2O3. The number of benzene rings is 1. The summed E-state index contributed by atoms with van der Waals surface area (Å²) in [6.45, 7) is 1.90. The molecule has 0 saturated heterocycles. The predicted molar refractivity (Wildman–Crippen MR) is 68.5 cm³/mol. The second-order valence-corrected chi connectivity index (χ2v) is 4.23. The lowest BCUT2D eigenvalue weighted by Crippen LogP contribution is -2.23. The fourth-order valence-corrected chi connectivity index (χ4v) is 2.11. The molecule has 5 nitrogen and oxygen atoms in total. The predicted octanol–water partition coefficient (Wildman–Crippen LogP) is 1.67. The van der Waals surface area contributed by atoms with E-state index in [1.165, 1.54) is 7.11 Å². The highest BCUT2D eigenvalue weighted by atomic mass is 16.5. The summed E-state index contributed by atoms with van der Waals surface area (Å²) in [5.41, 5.74) is 2.62. The molecule has 1 aromatic carbocycles. The standard InChI is InChI=1S/C14H14N2O3/c1-8-4-9-5-10(7-15)14(19-3)16-13(17)11(9)6-12(8)18-2/h4,6H,5H2,1-3H3,(H,16,17). The van der Waals surface area contributed by atoms with Crippen LogP contribution in [0, 0.1) is 18.3 Å². The van der Waals surface area contributed by atoms with Crippen molar-refractivity contribution in [2.45, 2.75) is 13.3 Å². The van der Waals surface area contributed by atoms with Crippen molar-refractivity contribution in [2.24, 2.45) is 0 Å². The van der Waals surface area contributed by atoms with Gasteiger partial charge in [0.2, 0.25) is 5.88 Å². The molecule has 0 unspecified atom stereocenters. The zero-order chi connectivity index (χ0) is 14.0. The number of carbonyl (C=O) groups is 1. The zero-order valence-corrected chi connectivity index (χ0v) is 11.0. The highest BCUT2D eigenvalue weighted by molar-refractivity contribution is 5.98. The van der Waals surface area contributed by atoms with Crippen LogP contribution in [0.15, 0.2) is 23.6 Å². The van der Waals surface area contributed by atoms with Gasteiger partial charge in [-0.2, -0.15) is 5.26 Å². The van der Waals surface area contributed by atoms with Crippen LogP contribution in [-0.4, -0.2) is 20.1 Å². The van der Waals surface area contributed by atoms with E-state index in [1.54, 1.807) is 13.2 Å². The Balaban J connectivity index is 2.57. The number of nitriles is 1. The van der Waals surface area contributed by atoms with Gasteiger partial charge in [-0.25, -0.2) is 0 Å². The molecule has 0 saturated carbocycles. The fraction of sp³-hybridized carbons (Fsp3) is 0.286. The molecule has 1 aliphatic rings. The number of aryl methyl sites for hydroxylation is 1. The smallest absolute Gasteiger partial charge is 0.258 e. The maximum Gasteiger partial charge on any atom is 0.258 e. The van der Waals surface area contributed by atoms with E-state index in [0.717, 1.165) is 11.1 Å². The number of hydrogen-bond donors (Lipinski definition) is 1. The van der Waals surface area contributed by atoms with Crippen LogP contribution in [0.1, 0.15) is 21.5 Å². The Kier molecular flexibility index (Phi) is 3.43. The van der Waals surface area contributed by atoms with Crippen molar-refractivity contribution >= 4 is 5.91 Å². The van der Waals surface area contributed by atoms with Gasteiger partial charge < -0.3 is 9.47 Å². The largest absolute Gasteiger partial charge is 0.496 e. The first kappa shape index (κ1) is 13.0. The summed E-state index contributed by atoms with van der Waals surface area (Å²) in [6.07, 6.45) is 0.360. The van der Waals surface area contributed by atoms with E-state index in [9.17, 15) is 4.79 Å². The van der Waals surface area contributed by atoms with E-state index in [4.69, 9.17) is 14.7 Å². The molecule has 0 bridgehead atoms. The minimum Gasteiger partial charge on any atom is -0.496 e. The lowest BCUT2D eigenvalue weighted by molar-refractivity contribution is 0.0936. The summed E-state index contributed by atoms with van der Waals surface area (Å²) in [5.74, 6) is 0.559. The molecule has 98 valence electrons. The maximum atomic E-state index is 12.1. The van der Waals surface area contributed by atoms with Gasteiger partial charge in [0, 0.05) is 12.0 Å². The third-order valence-corrected chi connectivity index (χ3v) is 3.07. The molecule has 0 atom stereocenters. The molecule has 5 heteroatoms. The van der Waals surface area contributed by atoms with Crippen molar-refractivity contribution in [3.63, 3.8) is 0 Å². The van der Waals surface area contributed by atoms with Gasteiger partial charge in [0.05, 0.1) is 19.8 Å². The average molecular weight is 258 g/mol. The molecule has 0 fully saturated rings. The van der Waals surface area contributed by atoms with Crippen LogP contribution >= 0.6 is 0 Å². The van der Waals surface area contributed by atoms with E-state index in [0.29, 0.717) is 23.3 Å². The number of fused-ring (bicyclic) bond motifs is 1. The zero-order valence-electron chi connectivity index (χ0n) is 11.0. The number of methoxy groups -OCH3 is 2. The monoisotopic (exact) mass is 258 g/mol. The number of nitrogens with zero attached hydrogens (tertiary/aromatic N) is 1. The number of amides is 1. The van der Waals surface area contributed by atoms with Crippen LogP contribution in [0.3, 0.4) is 0 Å². The number of ether oxygens (including phenoxy) is 2. The Morgan fingerprint density at radius 2 is 2.05 bits per heavy atom. The van der Waals surface area contributed by atoms with Crippen LogP contribution in [0.2, 0.25) is 0 Å². The lowest BCUT2D eigenvalue weighted by atomic mass is 9.98. The molecular weight excluding hydrogens is 244 g/mol. The highest BCUT2D eigenvalue weighted by Gasteiger charge is 2.23. The van der Waals surface area contributed by atoms with Crippen LogP contribution in [0.5, 0.6) is 5.75 Å². The maximum absolute atomic E-state index is 12.1. The van der Waals surface area contributed by atoms with Crippen molar-refractivity contribution in [1.82, 2.24) is 5.32 Å². The van der Waals surface area contributed by atoms with Crippen LogP contribution in [0.4, 0.5) is 0 Å². The quantitative estimate of drug-likeness (QED) is 0.876. The van der Waals surface area contributed by atoms with Gasteiger partial charge in [0.25, 0.3) is 5.91 Å². The van der Waals surface area contributed by atoms with Gasteiger partial charge in [-0.15, -0.1) is 0 Å². The van der Waals surface area contributed by atoms with Crippen LogP contribution in [-0.2, 0) is 11.2 Å². The van der Waals surface area contributed by atoms with Gasteiger partial charge in [-0.05, 0) is 24.1 Å². The number of carbonyl (C=O) groups excluding carboxylic acids is 1. The minimum absolute atomic E-state index is 0.209. The van der Waals surface area contributed by atoms with E-state index in [-0.39, 0.29) is 11.8 Å². The van der Waals surface area contributed by atoms with Crippen molar-refractivity contribution in [3.8, 4) is 11.8 Å². The van der Waals surface area contributed by atoms with Gasteiger partial charge in [0.15, 0.2) is 0 Å². The van der Waals surface area contributed by atoms with E-state index in [2.05, 4.69) is 11.4 Å². The summed E-state index contributed by atoms with van der Waals surface area (Å²) >= 11 is 0. The SMILES string of the molecule is COC1=C(C#N)Cc2cc(C)c(OC)cc2C(=O)N1. The van der Waals surface area contributed by atoms with E-state index in [1.807, 2.05) is 13.0 Å². The molecule has 0 spiro atoms. The first-order valence-corrected chi connectivity index (χ1v) is 5.76. The normalized spacial score (nSPS) is 14.1. The highest BCUT2D eigenvalue weighted by Crippen LogP contribution is 2.27. The Morgan fingerprint density at radius 1 is 1.32 bits per heavy atom. The molecule has 0 aliphatic carbocycles. The van der Waals surface area contributed by atoms with Gasteiger partial charge in [0.1, 0.15) is 11.8 Å². The first-order chi connectivity index (χ1) is 9.10. The summed E-state index contributed by atoms with van der Waals surface area (Å²) in [7, 11) is 2.98. The van der Waals surface area contributed by atoms with E-state index >= 15 is 0 Å². The summed E-state index contributed by atoms with van der Waals surface area (Å²) in [6, 6.07) is 5.62. The lowest BCUT2D eigenvalue weighted by Gasteiger charge is -2.10. The van der Waals surface area contributed by atoms with Crippen LogP contribution in [0.25, 0.3) is 0 Å². The summed E-state index contributed by atoms with van der Waals surface area (Å²) in [5, 5.41) is 11.7. The first-order valence-electron chi connectivity index (χ1n) is 5.76.